The molecule has 1 saturated carbocycles. The molecular weight excluding hydrogens is 240 g/mol. The molecule has 2 unspecified atom stereocenters. The Bertz CT molecular complexity index is 415. The van der Waals surface area contributed by atoms with Crippen molar-refractivity contribution in [3.8, 4) is 0 Å². The largest absolute Gasteiger partial charge is 0.343 e. The number of nitrogens with zero attached hydrogens (tertiary/aromatic N) is 3. The summed E-state index contributed by atoms with van der Waals surface area (Å²) in [5.74, 6) is 2.27. The van der Waals surface area contributed by atoms with Gasteiger partial charge in [0.05, 0.1) is 6.54 Å². The molecule has 0 aromatic carbocycles. The lowest BCUT2D eigenvalue weighted by Crippen LogP contribution is -2.64. The van der Waals surface area contributed by atoms with Crippen molar-refractivity contribution in [1.29, 1.82) is 0 Å². The summed E-state index contributed by atoms with van der Waals surface area (Å²) in [6.45, 7) is 9.87. The van der Waals surface area contributed by atoms with Gasteiger partial charge in [0.25, 0.3) is 0 Å². The first-order valence-electron chi connectivity index (χ1n) is 7.33. The molecule has 5 heteroatoms. The minimum absolute atomic E-state index is 0.259. The van der Waals surface area contributed by atoms with Gasteiger partial charge in [0.1, 0.15) is 0 Å². The minimum Gasteiger partial charge on any atom is -0.343 e. The van der Waals surface area contributed by atoms with Gasteiger partial charge >= 0.3 is 0 Å². The molecule has 2 fully saturated rings. The smallest absolute Gasteiger partial charge is 0.213 e. The van der Waals surface area contributed by atoms with Gasteiger partial charge in [-0.15, -0.1) is 0 Å². The molecule has 2 aliphatic rings. The van der Waals surface area contributed by atoms with Gasteiger partial charge in [-0.05, 0) is 31.6 Å². The second kappa shape index (κ2) is 4.87. The van der Waals surface area contributed by atoms with Crippen molar-refractivity contribution in [2.45, 2.75) is 51.7 Å². The molecule has 1 aromatic heterocycles. The van der Waals surface area contributed by atoms with E-state index in [1.165, 1.54) is 19.2 Å². The Kier molecular flexibility index (Phi) is 3.35. The summed E-state index contributed by atoms with van der Waals surface area (Å²) < 4.78 is 4.86. The molecular formula is C14H24N4O. The normalized spacial score (nSPS) is 32.9. The lowest BCUT2D eigenvalue weighted by atomic mass is 9.88. The zero-order chi connectivity index (χ0) is 13.5. The predicted octanol–water partition coefficient (Wildman–Crippen LogP) is 1.67. The van der Waals surface area contributed by atoms with Crippen LogP contribution < -0.4 is 5.32 Å². The van der Waals surface area contributed by atoms with Crippen molar-refractivity contribution < 1.29 is 4.52 Å². The monoisotopic (exact) mass is 264 g/mol. The van der Waals surface area contributed by atoms with Crippen LogP contribution in [0.5, 0.6) is 0 Å². The van der Waals surface area contributed by atoms with Gasteiger partial charge in [-0.1, -0.05) is 19.0 Å². The quantitative estimate of drug-likeness (QED) is 0.896. The van der Waals surface area contributed by atoms with Crippen LogP contribution in [-0.4, -0.2) is 39.7 Å². The van der Waals surface area contributed by atoms with Gasteiger partial charge in [0.2, 0.25) is 6.39 Å². The standard InChI is InChI=1S/C14H24N4O/c1-10(2)12-6-16-14(3,11-4-5-11)8-18(12)7-13-15-9-19-17-13/h9-12,16H,4-8H2,1-3H3. The van der Waals surface area contributed by atoms with Gasteiger partial charge < -0.3 is 9.84 Å². The average Bonchev–Trinajstić information content (AvgIpc) is 3.10. The Morgan fingerprint density at radius 1 is 1.53 bits per heavy atom. The number of piperazine rings is 1. The summed E-state index contributed by atoms with van der Waals surface area (Å²) in [6, 6.07) is 0.547. The molecule has 0 radical (unpaired) electrons. The van der Waals surface area contributed by atoms with Crippen LogP contribution in [0.4, 0.5) is 0 Å². The van der Waals surface area contributed by atoms with Gasteiger partial charge in [0, 0.05) is 24.7 Å². The number of aromatic nitrogens is 2. The molecule has 3 rings (SSSR count). The van der Waals surface area contributed by atoms with E-state index in [0.717, 1.165) is 31.4 Å². The van der Waals surface area contributed by atoms with Crippen molar-refractivity contribution in [3.63, 3.8) is 0 Å². The lowest BCUT2D eigenvalue weighted by Gasteiger charge is -2.47. The molecule has 106 valence electrons. The van der Waals surface area contributed by atoms with Gasteiger partial charge in [0.15, 0.2) is 5.82 Å². The molecule has 1 aliphatic heterocycles. The zero-order valence-corrected chi connectivity index (χ0v) is 12.1. The van der Waals surface area contributed by atoms with Crippen molar-refractivity contribution in [2.24, 2.45) is 11.8 Å². The van der Waals surface area contributed by atoms with Crippen LogP contribution in [0.15, 0.2) is 10.9 Å². The fourth-order valence-corrected chi connectivity index (χ4v) is 3.33. The number of hydrogen-bond donors (Lipinski definition) is 1. The fraction of sp³-hybridized carbons (Fsp3) is 0.857. The molecule has 0 bridgehead atoms. The molecule has 19 heavy (non-hydrogen) atoms. The Hall–Kier alpha value is -0.940. The highest BCUT2D eigenvalue weighted by atomic mass is 16.5. The first-order chi connectivity index (χ1) is 9.08. The maximum Gasteiger partial charge on any atom is 0.213 e. The summed E-state index contributed by atoms with van der Waals surface area (Å²) in [7, 11) is 0. The van der Waals surface area contributed by atoms with Gasteiger partial charge in [-0.2, -0.15) is 4.98 Å². The van der Waals surface area contributed by atoms with E-state index in [9.17, 15) is 0 Å². The molecule has 2 heterocycles. The molecule has 1 N–H and O–H groups in total. The summed E-state index contributed by atoms with van der Waals surface area (Å²) in [5.41, 5.74) is 0.259. The molecule has 1 aromatic rings. The first-order valence-corrected chi connectivity index (χ1v) is 7.33. The van der Waals surface area contributed by atoms with E-state index in [2.05, 4.69) is 41.1 Å². The highest BCUT2D eigenvalue weighted by Crippen LogP contribution is 2.41. The first kappa shape index (κ1) is 13.1. The predicted molar refractivity (Wildman–Crippen MR) is 72.5 cm³/mol. The molecule has 1 aliphatic carbocycles. The summed E-state index contributed by atoms with van der Waals surface area (Å²) in [6.07, 6.45) is 4.15. The zero-order valence-electron chi connectivity index (χ0n) is 12.1. The van der Waals surface area contributed by atoms with E-state index < -0.39 is 0 Å². The van der Waals surface area contributed by atoms with Crippen LogP contribution >= 0.6 is 0 Å². The van der Waals surface area contributed by atoms with Crippen molar-refractivity contribution in [3.05, 3.63) is 12.2 Å². The SMILES string of the molecule is CC(C)C1CNC(C)(C2CC2)CN1Cc1ncon1. The van der Waals surface area contributed by atoms with Crippen molar-refractivity contribution in [1.82, 2.24) is 20.4 Å². The highest BCUT2D eigenvalue weighted by Gasteiger charge is 2.46. The maximum absolute atomic E-state index is 4.86. The van der Waals surface area contributed by atoms with Crippen molar-refractivity contribution >= 4 is 0 Å². The molecule has 0 spiro atoms. The Morgan fingerprint density at radius 3 is 2.89 bits per heavy atom. The van der Waals surface area contributed by atoms with Crippen LogP contribution in [0.25, 0.3) is 0 Å². The number of nitrogens with one attached hydrogen (secondary N) is 1. The number of rotatable bonds is 4. The molecule has 0 amide bonds. The number of hydrogen-bond acceptors (Lipinski definition) is 5. The van der Waals surface area contributed by atoms with E-state index in [4.69, 9.17) is 4.52 Å². The third-order valence-corrected chi connectivity index (χ3v) is 4.72. The van der Waals surface area contributed by atoms with Crippen LogP contribution in [0.3, 0.4) is 0 Å². The fourth-order valence-electron chi connectivity index (χ4n) is 3.33. The summed E-state index contributed by atoms with van der Waals surface area (Å²) in [5, 5.41) is 7.76. The summed E-state index contributed by atoms with van der Waals surface area (Å²) in [4.78, 5) is 6.70. The van der Waals surface area contributed by atoms with Crippen LogP contribution in [0.2, 0.25) is 0 Å². The van der Waals surface area contributed by atoms with Gasteiger partial charge in [-0.3, -0.25) is 4.90 Å². The van der Waals surface area contributed by atoms with Gasteiger partial charge in [-0.25, -0.2) is 0 Å². The van der Waals surface area contributed by atoms with E-state index in [1.807, 2.05) is 0 Å². The van der Waals surface area contributed by atoms with E-state index in [-0.39, 0.29) is 5.54 Å². The van der Waals surface area contributed by atoms with Crippen LogP contribution in [0, 0.1) is 11.8 Å². The highest BCUT2D eigenvalue weighted by molar-refractivity contribution is 5.05. The molecule has 1 saturated heterocycles. The molecule has 2 atom stereocenters. The summed E-state index contributed by atoms with van der Waals surface area (Å²) >= 11 is 0. The lowest BCUT2D eigenvalue weighted by molar-refractivity contribution is 0.0438. The van der Waals surface area contributed by atoms with E-state index in [1.54, 1.807) is 0 Å². The third-order valence-electron chi connectivity index (χ3n) is 4.72. The minimum atomic E-state index is 0.259. The Balaban J connectivity index is 1.74. The molecule has 5 nitrogen and oxygen atoms in total. The van der Waals surface area contributed by atoms with Crippen LogP contribution in [-0.2, 0) is 6.54 Å². The second-order valence-corrected chi connectivity index (χ2v) is 6.64. The van der Waals surface area contributed by atoms with E-state index >= 15 is 0 Å². The van der Waals surface area contributed by atoms with E-state index in [0.29, 0.717) is 12.0 Å². The Morgan fingerprint density at radius 2 is 2.32 bits per heavy atom. The van der Waals surface area contributed by atoms with Crippen LogP contribution in [0.1, 0.15) is 39.4 Å². The second-order valence-electron chi connectivity index (χ2n) is 6.64. The Labute approximate surface area is 114 Å². The van der Waals surface area contributed by atoms with Crippen molar-refractivity contribution in [2.75, 3.05) is 13.1 Å². The average molecular weight is 264 g/mol. The maximum atomic E-state index is 4.86. The third kappa shape index (κ3) is 2.67. The topological polar surface area (TPSA) is 54.2 Å².